The van der Waals surface area contributed by atoms with Gasteiger partial charge < -0.3 is 10.6 Å². The number of rotatable bonds is 1. The molecule has 0 atom stereocenters. The van der Waals surface area contributed by atoms with Crippen LogP contribution in [0.4, 0.5) is 5.69 Å². The maximum absolute atomic E-state index is 11.6. The quantitative estimate of drug-likeness (QED) is 0.771. The number of anilines is 1. The van der Waals surface area contributed by atoms with Crippen molar-refractivity contribution in [3.05, 3.63) is 29.3 Å². The number of hydrogen-bond donors (Lipinski definition) is 1. The molecule has 1 aliphatic carbocycles. The molecule has 0 unspecified atom stereocenters. The second-order valence-electron chi connectivity index (χ2n) is 4.95. The third kappa shape index (κ3) is 1.35. The second kappa shape index (κ2) is 3.32. The second-order valence-corrected chi connectivity index (χ2v) is 4.95. The van der Waals surface area contributed by atoms with Crippen molar-refractivity contribution in [3.8, 4) is 0 Å². The van der Waals surface area contributed by atoms with Gasteiger partial charge in [-0.25, -0.2) is 0 Å². The first-order chi connectivity index (χ1) is 7.65. The minimum atomic E-state index is 0.192. The SMILES string of the molecule is CN1C(=O)Cc2cc(C3CC(N)C3)ccc21. The first kappa shape index (κ1) is 9.85. The highest BCUT2D eigenvalue weighted by atomic mass is 16.2. The number of fused-ring (bicyclic) bond motifs is 1. The summed E-state index contributed by atoms with van der Waals surface area (Å²) in [5.74, 6) is 0.804. The van der Waals surface area contributed by atoms with Crippen LogP contribution in [0.1, 0.15) is 29.9 Å². The van der Waals surface area contributed by atoms with Gasteiger partial charge in [-0.2, -0.15) is 0 Å². The average molecular weight is 216 g/mol. The largest absolute Gasteiger partial charge is 0.328 e. The van der Waals surface area contributed by atoms with Crippen molar-refractivity contribution in [2.75, 3.05) is 11.9 Å². The van der Waals surface area contributed by atoms with Crippen LogP contribution in [0.3, 0.4) is 0 Å². The van der Waals surface area contributed by atoms with Gasteiger partial charge in [0.2, 0.25) is 5.91 Å². The number of nitrogens with zero attached hydrogens (tertiary/aromatic N) is 1. The molecule has 0 spiro atoms. The number of likely N-dealkylation sites (N-methyl/N-ethyl adjacent to an activating group) is 1. The fourth-order valence-electron chi connectivity index (χ4n) is 2.68. The van der Waals surface area contributed by atoms with E-state index in [4.69, 9.17) is 5.73 Å². The monoisotopic (exact) mass is 216 g/mol. The Morgan fingerprint density at radius 3 is 2.81 bits per heavy atom. The summed E-state index contributed by atoms with van der Waals surface area (Å²) in [5.41, 5.74) is 9.39. The van der Waals surface area contributed by atoms with Crippen molar-refractivity contribution in [2.24, 2.45) is 5.73 Å². The number of carbonyl (C=O) groups is 1. The fourth-order valence-corrected chi connectivity index (χ4v) is 2.68. The zero-order chi connectivity index (χ0) is 11.3. The zero-order valence-corrected chi connectivity index (χ0v) is 9.44. The molecular weight excluding hydrogens is 200 g/mol. The molecule has 1 aliphatic heterocycles. The van der Waals surface area contributed by atoms with Gasteiger partial charge in [0.05, 0.1) is 6.42 Å². The van der Waals surface area contributed by atoms with E-state index in [1.54, 1.807) is 4.90 Å². The molecule has 3 rings (SSSR count). The van der Waals surface area contributed by atoms with E-state index < -0.39 is 0 Å². The van der Waals surface area contributed by atoms with Crippen LogP contribution in [-0.4, -0.2) is 19.0 Å². The molecule has 84 valence electrons. The molecule has 1 saturated carbocycles. The van der Waals surface area contributed by atoms with E-state index in [0.29, 0.717) is 18.4 Å². The van der Waals surface area contributed by atoms with E-state index in [0.717, 1.165) is 18.5 Å². The van der Waals surface area contributed by atoms with Crippen molar-refractivity contribution in [3.63, 3.8) is 0 Å². The highest BCUT2D eigenvalue weighted by Crippen LogP contribution is 2.38. The van der Waals surface area contributed by atoms with Gasteiger partial charge in [0.25, 0.3) is 0 Å². The summed E-state index contributed by atoms with van der Waals surface area (Å²) in [6, 6.07) is 6.78. The maximum Gasteiger partial charge on any atom is 0.231 e. The lowest BCUT2D eigenvalue weighted by Crippen LogP contribution is -2.34. The van der Waals surface area contributed by atoms with Gasteiger partial charge in [0, 0.05) is 18.8 Å². The molecule has 1 fully saturated rings. The summed E-state index contributed by atoms with van der Waals surface area (Å²) in [6.45, 7) is 0. The molecule has 0 radical (unpaired) electrons. The molecular formula is C13H16N2O. The Kier molecular flexibility index (Phi) is 2.04. The normalized spacial score (nSPS) is 27.9. The lowest BCUT2D eigenvalue weighted by Gasteiger charge is -2.33. The Labute approximate surface area is 95.2 Å². The Balaban J connectivity index is 1.90. The molecule has 0 bridgehead atoms. The summed E-state index contributed by atoms with van der Waals surface area (Å²) in [6.07, 6.45) is 2.73. The molecule has 3 nitrogen and oxygen atoms in total. The van der Waals surface area contributed by atoms with E-state index in [1.807, 2.05) is 7.05 Å². The summed E-state index contributed by atoms with van der Waals surface area (Å²) in [5, 5.41) is 0. The lowest BCUT2D eigenvalue weighted by atomic mass is 9.76. The van der Waals surface area contributed by atoms with Crippen LogP contribution in [0, 0.1) is 0 Å². The maximum atomic E-state index is 11.6. The summed E-state index contributed by atoms with van der Waals surface area (Å²) in [7, 11) is 1.84. The van der Waals surface area contributed by atoms with Crippen LogP contribution in [0.15, 0.2) is 18.2 Å². The minimum Gasteiger partial charge on any atom is -0.328 e. The summed E-state index contributed by atoms with van der Waals surface area (Å²) in [4.78, 5) is 13.3. The van der Waals surface area contributed by atoms with Crippen molar-refractivity contribution in [1.29, 1.82) is 0 Å². The first-order valence-corrected chi connectivity index (χ1v) is 5.80. The van der Waals surface area contributed by atoms with E-state index in [9.17, 15) is 4.79 Å². The number of amides is 1. The van der Waals surface area contributed by atoms with Crippen molar-refractivity contribution < 1.29 is 4.79 Å². The minimum absolute atomic E-state index is 0.192. The predicted molar refractivity (Wildman–Crippen MR) is 63.5 cm³/mol. The first-order valence-electron chi connectivity index (χ1n) is 5.80. The van der Waals surface area contributed by atoms with Gasteiger partial charge in [-0.3, -0.25) is 4.79 Å². The third-order valence-corrected chi connectivity index (χ3v) is 3.83. The molecule has 0 aromatic heterocycles. The van der Waals surface area contributed by atoms with Crippen LogP contribution in [0.25, 0.3) is 0 Å². The third-order valence-electron chi connectivity index (χ3n) is 3.83. The van der Waals surface area contributed by atoms with Crippen molar-refractivity contribution >= 4 is 11.6 Å². The van der Waals surface area contributed by atoms with Crippen LogP contribution in [-0.2, 0) is 11.2 Å². The molecule has 2 aliphatic rings. The van der Waals surface area contributed by atoms with E-state index >= 15 is 0 Å². The van der Waals surface area contributed by atoms with Crippen molar-refractivity contribution in [1.82, 2.24) is 0 Å². The number of nitrogens with two attached hydrogens (primary N) is 1. The average Bonchev–Trinajstić information content (AvgIpc) is 2.50. The van der Waals surface area contributed by atoms with Crippen LogP contribution < -0.4 is 10.6 Å². The molecule has 16 heavy (non-hydrogen) atoms. The molecule has 3 heteroatoms. The highest BCUT2D eigenvalue weighted by molar-refractivity contribution is 6.00. The van der Waals surface area contributed by atoms with E-state index in [2.05, 4.69) is 18.2 Å². The number of benzene rings is 1. The molecule has 1 aromatic carbocycles. The highest BCUT2D eigenvalue weighted by Gasteiger charge is 2.30. The zero-order valence-electron chi connectivity index (χ0n) is 9.44. The van der Waals surface area contributed by atoms with E-state index in [1.165, 1.54) is 11.1 Å². The standard InChI is InChI=1S/C13H16N2O/c1-15-12-3-2-8(9-5-11(14)6-9)4-10(12)7-13(15)16/h2-4,9,11H,5-7,14H2,1H3. The molecule has 1 amide bonds. The van der Waals surface area contributed by atoms with Crippen LogP contribution >= 0.6 is 0 Å². The van der Waals surface area contributed by atoms with Gasteiger partial charge in [-0.1, -0.05) is 12.1 Å². The smallest absolute Gasteiger partial charge is 0.231 e. The van der Waals surface area contributed by atoms with Crippen LogP contribution in [0.2, 0.25) is 0 Å². The number of carbonyl (C=O) groups excluding carboxylic acids is 1. The predicted octanol–water partition coefficient (Wildman–Crippen LogP) is 1.41. The number of hydrogen-bond acceptors (Lipinski definition) is 2. The van der Waals surface area contributed by atoms with E-state index in [-0.39, 0.29) is 5.91 Å². The van der Waals surface area contributed by atoms with Crippen LogP contribution in [0.5, 0.6) is 0 Å². The Hall–Kier alpha value is -1.35. The summed E-state index contributed by atoms with van der Waals surface area (Å²) >= 11 is 0. The van der Waals surface area contributed by atoms with Gasteiger partial charge in [-0.15, -0.1) is 0 Å². The van der Waals surface area contributed by atoms with Gasteiger partial charge >= 0.3 is 0 Å². The molecule has 1 aromatic rings. The van der Waals surface area contributed by atoms with Gasteiger partial charge in [0.1, 0.15) is 0 Å². The lowest BCUT2D eigenvalue weighted by molar-refractivity contribution is -0.117. The van der Waals surface area contributed by atoms with Crippen molar-refractivity contribution in [2.45, 2.75) is 31.2 Å². The Morgan fingerprint density at radius 2 is 2.12 bits per heavy atom. The summed E-state index contributed by atoms with van der Waals surface area (Å²) < 4.78 is 0. The fraction of sp³-hybridized carbons (Fsp3) is 0.462. The molecule has 0 saturated heterocycles. The van der Waals surface area contributed by atoms with Gasteiger partial charge in [0.15, 0.2) is 0 Å². The van der Waals surface area contributed by atoms with Gasteiger partial charge in [-0.05, 0) is 36.0 Å². The molecule has 1 heterocycles. The Morgan fingerprint density at radius 1 is 1.38 bits per heavy atom. The topological polar surface area (TPSA) is 46.3 Å². The Bertz CT molecular complexity index is 449. The molecule has 2 N–H and O–H groups in total.